The van der Waals surface area contributed by atoms with E-state index in [0.29, 0.717) is 36.0 Å². The van der Waals surface area contributed by atoms with Crippen molar-refractivity contribution in [2.24, 2.45) is 11.7 Å². The highest BCUT2D eigenvalue weighted by atomic mass is 31.0. The Morgan fingerprint density at radius 1 is 1.24 bits per heavy atom. The van der Waals surface area contributed by atoms with Gasteiger partial charge < -0.3 is 20.9 Å². The van der Waals surface area contributed by atoms with E-state index in [-0.39, 0.29) is 41.4 Å². The van der Waals surface area contributed by atoms with Gasteiger partial charge in [0, 0.05) is 24.4 Å². The maximum Gasteiger partial charge on any atom is 0.274 e. The number of nitrogens with two attached hydrogens (primary N) is 1. The molecule has 1 aromatic carbocycles. The maximum atomic E-state index is 15.1. The average Bonchev–Trinajstić information content (AvgIpc) is 2.88. The number of pyridine rings is 2. The van der Waals surface area contributed by atoms with Gasteiger partial charge in [-0.15, -0.1) is 9.24 Å². The number of carbonyl (C=O) groups is 1. The summed E-state index contributed by atoms with van der Waals surface area (Å²) in [6.07, 6.45) is 4.71. The molecule has 3 aromatic rings. The fourth-order valence-corrected chi connectivity index (χ4v) is 5.47. The van der Waals surface area contributed by atoms with E-state index in [1.807, 2.05) is 19.9 Å². The molecule has 202 valence electrons. The molecule has 2 heterocycles. The first-order valence-electron chi connectivity index (χ1n) is 12.7. The highest BCUT2D eigenvalue weighted by Gasteiger charge is 2.34. The van der Waals surface area contributed by atoms with Gasteiger partial charge in [-0.1, -0.05) is 13.8 Å². The molecule has 2 aromatic heterocycles. The molecule has 1 aliphatic carbocycles. The van der Waals surface area contributed by atoms with E-state index in [1.54, 1.807) is 18.5 Å². The summed E-state index contributed by atoms with van der Waals surface area (Å²) in [5, 5.41) is 13.5. The third-order valence-corrected chi connectivity index (χ3v) is 7.35. The summed E-state index contributed by atoms with van der Waals surface area (Å²) in [5.41, 5.74) is 7.75. The van der Waals surface area contributed by atoms with Crippen molar-refractivity contribution in [2.75, 3.05) is 11.9 Å². The first-order chi connectivity index (χ1) is 18.2. The van der Waals surface area contributed by atoms with Gasteiger partial charge >= 0.3 is 0 Å². The number of anilines is 1. The Hall–Kier alpha value is -2.84. The molecule has 4 rings (SSSR count). The van der Waals surface area contributed by atoms with Crippen LogP contribution in [0.3, 0.4) is 0 Å². The van der Waals surface area contributed by atoms with E-state index >= 15 is 4.39 Å². The minimum absolute atomic E-state index is 0.00221. The standard InChI is InChI=1S/C28H33F2N4O3P/c1-3-8-37-14-16-10-20(30)25(24(38)11-16)26-19(29)4-5-22(33-26)28(36)34-23-13-32-7-6-18(23)17-9-15(2)27(35)21(31)12-17/h4-7,10-11,13,15,17,21,27,35H,3,8-9,12,14,31,38H2,1-2H3,(H,34,36)/t15-,17+,21+,27-/m0/s1. The van der Waals surface area contributed by atoms with E-state index in [2.05, 4.69) is 24.5 Å². The third-order valence-electron chi connectivity index (χ3n) is 6.89. The van der Waals surface area contributed by atoms with E-state index < -0.39 is 23.6 Å². The number of amides is 1. The Bertz CT molecular complexity index is 1270. The SMILES string of the molecule is CCCOCc1cc(F)c(-c2nc(C(=O)Nc3cnccc3[C@H]3C[C@@H](N)[C@@H](O)[C@@H](C)C3)ccc2F)c(P)c1. The predicted octanol–water partition coefficient (Wildman–Crippen LogP) is 4.30. The van der Waals surface area contributed by atoms with Crippen LogP contribution in [-0.2, 0) is 11.3 Å². The van der Waals surface area contributed by atoms with Gasteiger partial charge in [0.15, 0.2) is 0 Å². The number of benzene rings is 1. The minimum Gasteiger partial charge on any atom is -0.391 e. The van der Waals surface area contributed by atoms with Crippen molar-refractivity contribution in [2.45, 2.75) is 57.8 Å². The van der Waals surface area contributed by atoms with E-state index in [9.17, 15) is 14.3 Å². The van der Waals surface area contributed by atoms with Crippen LogP contribution in [0.25, 0.3) is 11.3 Å². The summed E-state index contributed by atoms with van der Waals surface area (Å²) in [6.45, 7) is 4.72. The molecular weight excluding hydrogens is 509 g/mol. The molecule has 0 spiro atoms. The lowest BCUT2D eigenvalue weighted by molar-refractivity contribution is 0.0521. The number of aromatic nitrogens is 2. The quantitative estimate of drug-likeness (QED) is 0.289. The van der Waals surface area contributed by atoms with Gasteiger partial charge in [0.05, 0.1) is 24.6 Å². The Labute approximate surface area is 223 Å². The number of hydrogen-bond acceptors (Lipinski definition) is 6. The molecule has 1 saturated carbocycles. The average molecular weight is 543 g/mol. The molecule has 1 amide bonds. The summed E-state index contributed by atoms with van der Waals surface area (Å²) in [5.74, 6) is -1.96. The van der Waals surface area contributed by atoms with Gasteiger partial charge in [0.1, 0.15) is 23.0 Å². The number of halogens is 2. The van der Waals surface area contributed by atoms with Crippen LogP contribution >= 0.6 is 9.24 Å². The smallest absolute Gasteiger partial charge is 0.274 e. The van der Waals surface area contributed by atoms with E-state index in [1.165, 1.54) is 12.1 Å². The van der Waals surface area contributed by atoms with Gasteiger partial charge in [-0.05, 0) is 77.9 Å². The number of hydrogen-bond donors (Lipinski definition) is 3. The highest BCUT2D eigenvalue weighted by molar-refractivity contribution is 7.28. The summed E-state index contributed by atoms with van der Waals surface area (Å²) >= 11 is 0. The first kappa shape index (κ1) is 28.2. The molecule has 1 aliphatic rings. The number of nitrogens with one attached hydrogen (secondary N) is 1. The zero-order valence-electron chi connectivity index (χ0n) is 21.5. The van der Waals surface area contributed by atoms with Gasteiger partial charge in [-0.25, -0.2) is 13.8 Å². The molecular formula is C28H33F2N4O3P. The molecule has 1 unspecified atom stereocenters. The lowest BCUT2D eigenvalue weighted by Gasteiger charge is -2.36. The predicted molar refractivity (Wildman–Crippen MR) is 146 cm³/mol. The summed E-state index contributed by atoms with van der Waals surface area (Å²) in [6, 6.07) is 6.80. The number of aliphatic hydroxyl groups is 1. The molecule has 7 nitrogen and oxygen atoms in total. The summed E-state index contributed by atoms with van der Waals surface area (Å²) in [4.78, 5) is 21.5. The zero-order valence-corrected chi connectivity index (χ0v) is 22.6. The highest BCUT2D eigenvalue weighted by Crippen LogP contribution is 2.38. The number of ether oxygens (including phenoxy) is 1. The van der Waals surface area contributed by atoms with Crippen molar-refractivity contribution in [1.29, 1.82) is 0 Å². The van der Waals surface area contributed by atoms with Gasteiger partial charge in [-0.2, -0.15) is 0 Å². The van der Waals surface area contributed by atoms with Crippen molar-refractivity contribution < 1.29 is 23.4 Å². The second-order valence-corrected chi connectivity index (χ2v) is 10.5. The van der Waals surface area contributed by atoms with E-state index in [4.69, 9.17) is 10.5 Å². The third kappa shape index (κ3) is 6.24. The lowest BCUT2D eigenvalue weighted by atomic mass is 9.74. The fourth-order valence-electron chi connectivity index (χ4n) is 4.98. The number of rotatable bonds is 8. The normalized spacial score (nSPS) is 21.3. The van der Waals surface area contributed by atoms with Crippen molar-refractivity contribution in [3.63, 3.8) is 0 Å². The van der Waals surface area contributed by atoms with Crippen LogP contribution in [0.4, 0.5) is 14.5 Å². The van der Waals surface area contributed by atoms with Crippen molar-refractivity contribution >= 4 is 26.1 Å². The number of carbonyl (C=O) groups excluding carboxylic acids is 1. The largest absolute Gasteiger partial charge is 0.391 e. The Kier molecular flexibility index (Phi) is 9.15. The van der Waals surface area contributed by atoms with Crippen molar-refractivity contribution in [3.8, 4) is 11.3 Å². The summed E-state index contributed by atoms with van der Waals surface area (Å²) in [7, 11) is 2.40. The fraction of sp³-hybridized carbons (Fsp3) is 0.393. The second-order valence-electron chi connectivity index (χ2n) is 9.84. The molecule has 0 bridgehead atoms. The monoisotopic (exact) mass is 542 g/mol. The minimum atomic E-state index is -0.745. The number of nitrogens with zero attached hydrogens (tertiary/aromatic N) is 2. The molecule has 5 atom stereocenters. The van der Waals surface area contributed by atoms with Crippen LogP contribution in [0.2, 0.25) is 0 Å². The maximum absolute atomic E-state index is 15.1. The van der Waals surface area contributed by atoms with Gasteiger partial charge in [0.25, 0.3) is 5.91 Å². The zero-order chi connectivity index (χ0) is 27.4. The van der Waals surface area contributed by atoms with Crippen LogP contribution in [0.1, 0.15) is 60.6 Å². The molecule has 1 fully saturated rings. The van der Waals surface area contributed by atoms with Gasteiger partial charge in [0.2, 0.25) is 0 Å². The van der Waals surface area contributed by atoms with Crippen LogP contribution in [0, 0.1) is 17.6 Å². The van der Waals surface area contributed by atoms with Gasteiger partial charge in [-0.3, -0.25) is 9.78 Å². The van der Waals surface area contributed by atoms with Crippen LogP contribution < -0.4 is 16.4 Å². The Morgan fingerprint density at radius 3 is 2.74 bits per heavy atom. The van der Waals surface area contributed by atoms with Crippen molar-refractivity contribution in [3.05, 3.63) is 71.2 Å². The van der Waals surface area contributed by atoms with Crippen molar-refractivity contribution in [1.82, 2.24) is 9.97 Å². The summed E-state index contributed by atoms with van der Waals surface area (Å²) < 4.78 is 35.4. The molecule has 0 aliphatic heterocycles. The second kappa shape index (κ2) is 12.3. The van der Waals surface area contributed by atoms with Crippen LogP contribution in [0.15, 0.2) is 42.7 Å². The molecule has 0 radical (unpaired) electrons. The topological polar surface area (TPSA) is 110 Å². The Morgan fingerprint density at radius 2 is 2.03 bits per heavy atom. The lowest BCUT2D eigenvalue weighted by Crippen LogP contribution is -2.44. The molecule has 10 heteroatoms. The van der Waals surface area contributed by atoms with Crippen LogP contribution in [-0.4, -0.2) is 39.7 Å². The number of aliphatic hydroxyl groups excluding tert-OH is 1. The van der Waals surface area contributed by atoms with E-state index in [0.717, 1.165) is 18.1 Å². The molecule has 0 saturated heterocycles. The molecule has 4 N–H and O–H groups in total. The molecule has 38 heavy (non-hydrogen) atoms. The Balaban J connectivity index is 1.59. The first-order valence-corrected chi connectivity index (χ1v) is 13.3. The van der Waals surface area contributed by atoms with Crippen LogP contribution in [0.5, 0.6) is 0 Å².